The minimum atomic E-state index is 0.272. The lowest BCUT2D eigenvalue weighted by atomic mass is 10.3. The van der Waals surface area contributed by atoms with E-state index in [4.69, 9.17) is 11.6 Å². The van der Waals surface area contributed by atoms with Gasteiger partial charge < -0.3 is 5.43 Å². The molecule has 0 bridgehead atoms. The number of thiophene rings is 1. The van der Waals surface area contributed by atoms with Crippen molar-refractivity contribution in [2.75, 3.05) is 19.5 Å². The minimum Gasteiger partial charge on any atom is -0.302 e. The van der Waals surface area contributed by atoms with Gasteiger partial charge in [0.15, 0.2) is 5.82 Å². The van der Waals surface area contributed by atoms with Crippen molar-refractivity contribution in [1.29, 1.82) is 0 Å². The van der Waals surface area contributed by atoms with Crippen molar-refractivity contribution in [2.45, 2.75) is 6.92 Å². The third-order valence-corrected chi connectivity index (χ3v) is 3.16. The number of aryl methyl sites for hydroxylation is 1. The van der Waals surface area contributed by atoms with Crippen molar-refractivity contribution in [2.24, 2.45) is 0 Å². The third kappa shape index (κ3) is 2.04. The maximum absolute atomic E-state index is 5.86. The Bertz CT molecular complexity index is 494. The molecule has 0 spiro atoms. The number of rotatable bonds is 2. The van der Waals surface area contributed by atoms with Crippen LogP contribution in [0.2, 0.25) is 5.28 Å². The number of hydrogen-bond acceptors (Lipinski definition) is 5. The second-order valence-corrected chi connectivity index (χ2v) is 4.66. The first-order valence-electron chi connectivity index (χ1n) is 4.43. The highest BCUT2D eigenvalue weighted by Gasteiger charge is 2.10. The molecule has 0 atom stereocenters. The molecule has 0 aliphatic rings. The third-order valence-electron chi connectivity index (χ3n) is 1.89. The number of nitrogens with one attached hydrogen (secondary N) is 1. The normalized spacial score (nSPS) is 11.3. The summed E-state index contributed by atoms with van der Waals surface area (Å²) in [7, 11) is 3.81. The van der Waals surface area contributed by atoms with Crippen molar-refractivity contribution in [1.82, 2.24) is 15.0 Å². The highest BCUT2D eigenvalue weighted by Crippen LogP contribution is 2.30. The Morgan fingerprint density at radius 2 is 2.13 bits per heavy atom. The second-order valence-electron chi connectivity index (χ2n) is 3.44. The second kappa shape index (κ2) is 3.92. The number of aromatic nitrogens is 2. The first kappa shape index (κ1) is 10.6. The van der Waals surface area contributed by atoms with Crippen LogP contribution in [0, 0.1) is 6.92 Å². The maximum Gasteiger partial charge on any atom is 0.225 e. The summed E-state index contributed by atoms with van der Waals surface area (Å²) in [5.74, 6) is 0.758. The molecule has 2 aromatic heterocycles. The van der Waals surface area contributed by atoms with E-state index in [9.17, 15) is 0 Å². The monoisotopic (exact) mass is 242 g/mol. The van der Waals surface area contributed by atoms with E-state index in [1.807, 2.05) is 26.0 Å². The summed E-state index contributed by atoms with van der Waals surface area (Å²) in [6, 6.07) is 0. The number of fused-ring (bicyclic) bond motifs is 1. The minimum absolute atomic E-state index is 0.272. The molecule has 2 rings (SSSR count). The number of nitrogens with zero attached hydrogens (tertiary/aromatic N) is 3. The van der Waals surface area contributed by atoms with Crippen LogP contribution in [0.3, 0.4) is 0 Å². The lowest BCUT2D eigenvalue weighted by Crippen LogP contribution is -2.20. The molecule has 2 aromatic rings. The fourth-order valence-electron chi connectivity index (χ4n) is 1.29. The van der Waals surface area contributed by atoms with Crippen LogP contribution in [0.15, 0.2) is 5.38 Å². The Kier molecular flexibility index (Phi) is 2.77. The molecule has 2 heterocycles. The molecule has 0 fully saturated rings. The highest BCUT2D eigenvalue weighted by molar-refractivity contribution is 7.18. The number of hydrogen-bond donors (Lipinski definition) is 1. The Balaban J connectivity index is 2.61. The summed E-state index contributed by atoms with van der Waals surface area (Å²) < 4.78 is 1.03. The predicted octanol–water partition coefficient (Wildman–Crippen LogP) is 2.54. The zero-order valence-corrected chi connectivity index (χ0v) is 10.3. The standard InChI is InChI=1S/C9H11ClN4S/c1-5-4-15-7-6(5)11-9(10)12-8(7)13-14(2)3/h4H,1-3H3,(H,11,12,13). The van der Waals surface area contributed by atoms with Gasteiger partial charge in [-0.05, 0) is 29.5 Å². The molecule has 0 saturated carbocycles. The van der Waals surface area contributed by atoms with Gasteiger partial charge in [0.1, 0.15) is 0 Å². The Morgan fingerprint density at radius 1 is 1.40 bits per heavy atom. The van der Waals surface area contributed by atoms with Crippen molar-refractivity contribution in [3.05, 3.63) is 16.2 Å². The average molecular weight is 243 g/mol. The van der Waals surface area contributed by atoms with E-state index in [1.165, 1.54) is 0 Å². The van der Waals surface area contributed by atoms with Crippen molar-refractivity contribution >= 4 is 39.0 Å². The van der Waals surface area contributed by atoms with Crippen LogP contribution >= 0.6 is 22.9 Å². The quantitative estimate of drug-likeness (QED) is 0.649. The van der Waals surface area contributed by atoms with Crippen LogP contribution < -0.4 is 5.43 Å². The molecule has 0 radical (unpaired) electrons. The van der Waals surface area contributed by atoms with Gasteiger partial charge in [-0.25, -0.2) is 9.99 Å². The van der Waals surface area contributed by atoms with Crippen molar-refractivity contribution in [3.8, 4) is 0 Å². The molecule has 0 unspecified atom stereocenters. The van der Waals surface area contributed by atoms with Crippen LogP contribution in [0.1, 0.15) is 5.56 Å². The zero-order chi connectivity index (χ0) is 11.0. The van der Waals surface area contributed by atoms with Gasteiger partial charge >= 0.3 is 0 Å². The summed E-state index contributed by atoms with van der Waals surface area (Å²) in [5, 5.41) is 4.15. The van der Waals surface area contributed by atoms with E-state index in [1.54, 1.807) is 11.3 Å². The molecular formula is C9H11ClN4S. The Morgan fingerprint density at radius 3 is 2.80 bits per heavy atom. The SMILES string of the molecule is Cc1csc2c(NN(C)C)nc(Cl)nc12. The van der Waals surface area contributed by atoms with Gasteiger partial charge in [-0.3, -0.25) is 0 Å². The molecule has 4 nitrogen and oxygen atoms in total. The molecule has 0 aliphatic carbocycles. The number of hydrazine groups is 1. The van der Waals surface area contributed by atoms with E-state index in [2.05, 4.69) is 20.8 Å². The van der Waals surface area contributed by atoms with Crippen LogP contribution in [0.5, 0.6) is 0 Å². The van der Waals surface area contributed by atoms with Gasteiger partial charge in [0.2, 0.25) is 5.28 Å². The first-order valence-corrected chi connectivity index (χ1v) is 5.69. The lowest BCUT2D eigenvalue weighted by Gasteiger charge is -2.12. The molecule has 15 heavy (non-hydrogen) atoms. The summed E-state index contributed by atoms with van der Waals surface area (Å²) in [6.45, 7) is 2.02. The van der Waals surface area contributed by atoms with E-state index in [0.717, 1.165) is 21.6 Å². The molecule has 80 valence electrons. The first-order chi connectivity index (χ1) is 7.08. The van der Waals surface area contributed by atoms with Gasteiger partial charge in [0.05, 0.1) is 10.2 Å². The maximum atomic E-state index is 5.86. The highest BCUT2D eigenvalue weighted by atomic mass is 35.5. The smallest absolute Gasteiger partial charge is 0.225 e. The topological polar surface area (TPSA) is 41.0 Å². The van der Waals surface area contributed by atoms with E-state index >= 15 is 0 Å². The zero-order valence-electron chi connectivity index (χ0n) is 8.71. The Hall–Kier alpha value is -0.910. The van der Waals surface area contributed by atoms with Crippen LogP contribution in [-0.4, -0.2) is 29.1 Å². The van der Waals surface area contributed by atoms with Gasteiger partial charge in [-0.15, -0.1) is 11.3 Å². The molecule has 0 aromatic carbocycles. The van der Waals surface area contributed by atoms with Crippen molar-refractivity contribution < 1.29 is 0 Å². The molecule has 0 aliphatic heterocycles. The number of halogens is 1. The average Bonchev–Trinajstić information content (AvgIpc) is 2.47. The lowest BCUT2D eigenvalue weighted by molar-refractivity contribution is 0.493. The van der Waals surface area contributed by atoms with Gasteiger partial charge in [0.25, 0.3) is 0 Å². The predicted molar refractivity (Wildman–Crippen MR) is 64.5 cm³/mol. The fraction of sp³-hybridized carbons (Fsp3) is 0.333. The van der Waals surface area contributed by atoms with E-state index in [-0.39, 0.29) is 5.28 Å². The van der Waals surface area contributed by atoms with Crippen LogP contribution in [-0.2, 0) is 0 Å². The van der Waals surface area contributed by atoms with Gasteiger partial charge in [0, 0.05) is 14.1 Å². The van der Waals surface area contributed by atoms with Crippen LogP contribution in [0.25, 0.3) is 10.2 Å². The summed E-state index contributed by atoms with van der Waals surface area (Å²) in [4.78, 5) is 8.38. The molecule has 0 saturated heterocycles. The fourth-order valence-corrected chi connectivity index (χ4v) is 2.39. The molecule has 1 N–H and O–H groups in total. The number of anilines is 1. The molecule has 0 amide bonds. The van der Waals surface area contributed by atoms with Gasteiger partial charge in [-0.2, -0.15) is 4.98 Å². The molecule has 6 heteroatoms. The van der Waals surface area contributed by atoms with Crippen LogP contribution in [0.4, 0.5) is 5.82 Å². The summed E-state index contributed by atoms with van der Waals surface area (Å²) >= 11 is 7.48. The van der Waals surface area contributed by atoms with E-state index in [0.29, 0.717) is 0 Å². The largest absolute Gasteiger partial charge is 0.302 e. The van der Waals surface area contributed by atoms with E-state index < -0.39 is 0 Å². The van der Waals surface area contributed by atoms with Crippen molar-refractivity contribution in [3.63, 3.8) is 0 Å². The summed E-state index contributed by atoms with van der Waals surface area (Å²) in [6.07, 6.45) is 0. The Labute approximate surface area is 96.9 Å². The molecular weight excluding hydrogens is 232 g/mol. The summed E-state index contributed by atoms with van der Waals surface area (Å²) in [5.41, 5.74) is 5.16. The van der Waals surface area contributed by atoms with Gasteiger partial charge in [-0.1, -0.05) is 0 Å².